The molecule has 0 N–H and O–H groups in total. The summed E-state index contributed by atoms with van der Waals surface area (Å²) in [4.78, 5) is 0. The van der Waals surface area contributed by atoms with Crippen LogP contribution in [0.3, 0.4) is 0 Å². The molecule has 0 atom stereocenters. The third-order valence-electron chi connectivity index (χ3n) is 2.31. The second-order valence-electron chi connectivity index (χ2n) is 3.81. The molecule has 0 heterocycles. The SMILES string of the molecule is CC1=C=CC=C(Oc2ccc(C)cc2)C=C1.[Ir]. The van der Waals surface area contributed by atoms with Gasteiger partial charge in [-0.2, -0.15) is 0 Å². The minimum absolute atomic E-state index is 0. The summed E-state index contributed by atoms with van der Waals surface area (Å²) in [5, 5.41) is 0. The fourth-order valence-electron chi connectivity index (χ4n) is 1.38. The van der Waals surface area contributed by atoms with Gasteiger partial charge in [0.2, 0.25) is 0 Å². The van der Waals surface area contributed by atoms with Gasteiger partial charge in [-0.25, -0.2) is 0 Å². The van der Waals surface area contributed by atoms with Crippen molar-refractivity contribution in [2.75, 3.05) is 0 Å². The molecule has 0 saturated heterocycles. The number of hydrogen-bond acceptors (Lipinski definition) is 1. The van der Waals surface area contributed by atoms with Crippen molar-refractivity contribution in [1.82, 2.24) is 0 Å². The molecule has 1 aliphatic carbocycles. The quantitative estimate of drug-likeness (QED) is 0.682. The first-order chi connectivity index (χ1) is 7.74. The number of aryl methyl sites for hydroxylation is 1. The molecular weight excluding hydrogens is 388 g/mol. The Morgan fingerprint density at radius 1 is 1.00 bits per heavy atom. The van der Waals surface area contributed by atoms with E-state index in [1.54, 1.807) is 0 Å². The van der Waals surface area contributed by atoms with Crippen molar-refractivity contribution in [2.45, 2.75) is 13.8 Å². The van der Waals surface area contributed by atoms with Crippen LogP contribution in [0.1, 0.15) is 12.5 Å². The average molecular weight is 402 g/mol. The average Bonchev–Trinajstić information content (AvgIpc) is 2.47. The maximum Gasteiger partial charge on any atom is 0.128 e. The molecule has 0 spiro atoms. The van der Waals surface area contributed by atoms with Gasteiger partial charge >= 0.3 is 0 Å². The van der Waals surface area contributed by atoms with Crippen LogP contribution in [0, 0.1) is 6.92 Å². The van der Waals surface area contributed by atoms with Crippen LogP contribution in [-0.4, -0.2) is 0 Å². The van der Waals surface area contributed by atoms with Gasteiger partial charge in [-0.15, -0.1) is 5.73 Å². The molecule has 89 valence electrons. The molecule has 0 fully saturated rings. The fraction of sp³-hybridized carbons (Fsp3) is 0.133. The zero-order valence-electron chi connectivity index (χ0n) is 9.86. The maximum absolute atomic E-state index is 5.73. The Hall–Kier alpha value is -1.33. The summed E-state index contributed by atoms with van der Waals surface area (Å²) in [7, 11) is 0. The standard InChI is InChI=1S/C15H14O.Ir/c1-12-4-3-5-14(9-6-12)16-15-10-7-13(2)8-11-15;/h3,5-11H,1-2H3;. The van der Waals surface area contributed by atoms with E-state index >= 15 is 0 Å². The Morgan fingerprint density at radius 2 is 1.71 bits per heavy atom. The molecule has 0 aliphatic heterocycles. The minimum Gasteiger partial charge on any atom is -0.457 e. The van der Waals surface area contributed by atoms with E-state index in [2.05, 4.69) is 12.7 Å². The maximum atomic E-state index is 5.73. The van der Waals surface area contributed by atoms with Gasteiger partial charge in [0.1, 0.15) is 11.5 Å². The van der Waals surface area contributed by atoms with Crippen LogP contribution in [0.2, 0.25) is 0 Å². The van der Waals surface area contributed by atoms with Gasteiger partial charge in [0.15, 0.2) is 0 Å². The van der Waals surface area contributed by atoms with E-state index in [-0.39, 0.29) is 20.1 Å². The molecule has 2 heteroatoms. The number of benzene rings is 1. The summed E-state index contributed by atoms with van der Waals surface area (Å²) >= 11 is 0. The molecule has 0 saturated carbocycles. The monoisotopic (exact) mass is 403 g/mol. The van der Waals surface area contributed by atoms with Crippen LogP contribution in [0.15, 0.2) is 65.6 Å². The third kappa shape index (κ3) is 4.20. The first-order valence-corrected chi connectivity index (χ1v) is 5.30. The van der Waals surface area contributed by atoms with Crippen molar-refractivity contribution in [2.24, 2.45) is 0 Å². The molecule has 2 rings (SSSR count). The summed E-state index contributed by atoms with van der Waals surface area (Å²) in [6, 6.07) is 8.02. The molecule has 1 aliphatic rings. The molecule has 1 nitrogen and oxygen atoms in total. The normalized spacial score (nSPS) is 13.3. The topological polar surface area (TPSA) is 9.23 Å². The van der Waals surface area contributed by atoms with Crippen LogP contribution in [-0.2, 0) is 20.1 Å². The van der Waals surface area contributed by atoms with Crippen LogP contribution in [0.4, 0.5) is 0 Å². The van der Waals surface area contributed by atoms with Crippen LogP contribution in [0.5, 0.6) is 5.75 Å². The first kappa shape index (κ1) is 13.7. The predicted molar refractivity (Wildman–Crippen MR) is 66.3 cm³/mol. The summed E-state index contributed by atoms with van der Waals surface area (Å²) < 4.78 is 5.73. The second-order valence-corrected chi connectivity index (χ2v) is 3.81. The molecule has 17 heavy (non-hydrogen) atoms. The minimum atomic E-state index is 0. The van der Waals surface area contributed by atoms with Gasteiger partial charge in [0, 0.05) is 20.1 Å². The summed E-state index contributed by atoms with van der Waals surface area (Å²) in [5.41, 5.74) is 5.45. The zero-order chi connectivity index (χ0) is 11.4. The van der Waals surface area contributed by atoms with E-state index in [0.29, 0.717) is 0 Å². The zero-order valence-corrected chi connectivity index (χ0v) is 12.3. The van der Waals surface area contributed by atoms with Crippen molar-refractivity contribution in [3.8, 4) is 5.75 Å². The van der Waals surface area contributed by atoms with Gasteiger partial charge in [-0.3, -0.25) is 0 Å². The summed E-state index contributed by atoms with van der Waals surface area (Å²) in [6.45, 7) is 4.07. The smallest absolute Gasteiger partial charge is 0.128 e. The Bertz CT molecular complexity index is 500. The van der Waals surface area contributed by atoms with Crippen molar-refractivity contribution in [3.63, 3.8) is 0 Å². The van der Waals surface area contributed by atoms with E-state index in [4.69, 9.17) is 4.74 Å². The van der Waals surface area contributed by atoms with Crippen LogP contribution < -0.4 is 4.74 Å². The van der Waals surface area contributed by atoms with Gasteiger partial charge in [-0.1, -0.05) is 17.7 Å². The molecule has 0 unspecified atom stereocenters. The number of allylic oxidation sites excluding steroid dienone is 4. The number of ether oxygens (including phenoxy) is 1. The van der Waals surface area contributed by atoms with Gasteiger partial charge in [0.05, 0.1) is 0 Å². The Balaban J connectivity index is 0.00000144. The second kappa shape index (κ2) is 6.42. The van der Waals surface area contributed by atoms with Crippen LogP contribution in [0.25, 0.3) is 0 Å². The number of hydrogen-bond donors (Lipinski definition) is 0. The van der Waals surface area contributed by atoms with Crippen molar-refractivity contribution >= 4 is 0 Å². The van der Waals surface area contributed by atoms with Gasteiger partial charge in [0.25, 0.3) is 0 Å². The third-order valence-corrected chi connectivity index (χ3v) is 2.31. The van der Waals surface area contributed by atoms with Gasteiger partial charge < -0.3 is 4.74 Å². The Kier molecular flexibility index (Phi) is 5.18. The van der Waals surface area contributed by atoms with Crippen molar-refractivity contribution < 1.29 is 24.8 Å². The Labute approximate surface area is 116 Å². The van der Waals surface area contributed by atoms with Crippen LogP contribution >= 0.6 is 0 Å². The number of rotatable bonds is 2. The van der Waals surface area contributed by atoms with Crippen molar-refractivity contribution in [1.29, 1.82) is 0 Å². The van der Waals surface area contributed by atoms with E-state index < -0.39 is 0 Å². The van der Waals surface area contributed by atoms with E-state index in [9.17, 15) is 0 Å². The van der Waals surface area contributed by atoms with E-state index in [1.807, 2.05) is 55.5 Å². The summed E-state index contributed by atoms with van der Waals surface area (Å²) in [6.07, 6.45) is 7.72. The predicted octanol–water partition coefficient (Wildman–Crippen LogP) is 3.93. The molecule has 1 radical (unpaired) electrons. The van der Waals surface area contributed by atoms with Gasteiger partial charge in [-0.05, 0) is 55.9 Å². The Morgan fingerprint density at radius 3 is 2.41 bits per heavy atom. The fourth-order valence-corrected chi connectivity index (χ4v) is 1.38. The molecule has 1 aromatic rings. The largest absolute Gasteiger partial charge is 0.457 e. The van der Waals surface area contributed by atoms with E-state index in [1.165, 1.54) is 5.56 Å². The molecular formula is C15H14IrO. The van der Waals surface area contributed by atoms with E-state index in [0.717, 1.165) is 17.1 Å². The molecule has 0 aromatic heterocycles. The van der Waals surface area contributed by atoms with Crippen molar-refractivity contribution in [3.05, 3.63) is 71.2 Å². The summed E-state index contributed by atoms with van der Waals surface area (Å²) in [5.74, 6) is 1.68. The first-order valence-electron chi connectivity index (χ1n) is 5.30. The molecule has 1 aromatic carbocycles. The molecule has 0 bridgehead atoms. The molecule has 0 amide bonds.